The molecule has 1 atom stereocenters. The quantitative estimate of drug-likeness (QED) is 0.729. The molecule has 26 heavy (non-hydrogen) atoms. The summed E-state index contributed by atoms with van der Waals surface area (Å²) >= 11 is 0. The summed E-state index contributed by atoms with van der Waals surface area (Å²) in [7, 11) is 3.95. The molecule has 0 N–H and O–H groups in total. The molecule has 6 nitrogen and oxygen atoms in total. The van der Waals surface area contributed by atoms with Crippen LogP contribution in [-0.2, 0) is 0 Å². The predicted octanol–water partition coefficient (Wildman–Crippen LogP) is 3.08. The van der Waals surface area contributed by atoms with Gasteiger partial charge in [0.1, 0.15) is 17.2 Å². The van der Waals surface area contributed by atoms with E-state index in [9.17, 15) is 4.79 Å². The number of amides is 1. The van der Waals surface area contributed by atoms with Crippen LogP contribution < -0.4 is 4.90 Å². The van der Waals surface area contributed by atoms with Gasteiger partial charge in [-0.1, -0.05) is 6.07 Å². The summed E-state index contributed by atoms with van der Waals surface area (Å²) in [5.41, 5.74) is 3.52. The number of aryl methyl sites for hydroxylation is 1. The first-order chi connectivity index (χ1) is 12.5. The van der Waals surface area contributed by atoms with Gasteiger partial charge in [-0.15, -0.1) is 0 Å². The lowest BCUT2D eigenvalue weighted by Crippen LogP contribution is -2.31. The van der Waals surface area contributed by atoms with Gasteiger partial charge in [-0.25, -0.2) is 9.97 Å². The van der Waals surface area contributed by atoms with Crippen LogP contribution in [0.5, 0.6) is 0 Å². The molecule has 1 amide bonds. The molecule has 0 radical (unpaired) electrons. The van der Waals surface area contributed by atoms with Gasteiger partial charge in [0.15, 0.2) is 0 Å². The highest BCUT2D eigenvalue weighted by Gasteiger charge is 2.32. The summed E-state index contributed by atoms with van der Waals surface area (Å²) in [4.78, 5) is 26.0. The van der Waals surface area contributed by atoms with Crippen molar-refractivity contribution in [1.29, 1.82) is 0 Å². The van der Waals surface area contributed by atoms with E-state index >= 15 is 0 Å². The molecule has 134 valence electrons. The monoisotopic (exact) mass is 349 g/mol. The summed E-state index contributed by atoms with van der Waals surface area (Å²) in [6.07, 6.45) is 5.64. The normalized spacial score (nSPS) is 17.0. The Morgan fingerprint density at radius 1 is 1.27 bits per heavy atom. The number of aromatic nitrogens is 3. The first-order valence-corrected chi connectivity index (χ1v) is 8.93. The first kappa shape index (κ1) is 16.6. The molecule has 1 saturated heterocycles. The lowest BCUT2D eigenvalue weighted by Gasteiger charge is -2.25. The molecule has 0 aliphatic carbocycles. The number of carbonyl (C=O) groups is 1. The average Bonchev–Trinajstić information content (AvgIpc) is 3.29. The zero-order valence-electron chi connectivity index (χ0n) is 15.4. The second-order valence-corrected chi connectivity index (χ2v) is 7.02. The van der Waals surface area contributed by atoms with E-state index in [1.807, 2.05) is 71.9 Å². The molecule has 0 aromatic carbocycles. The number of pyridine rings is 2. The Bertz CT molecular complexity index is 962. The van der Waals surface area contributed by atoms with E-state index in [0.717, 1.165) is 42.1 Å². The average molecular weight is 349 g/mol. The molecule has 1 fully saturated rings. The molecule has 4 rings (SSSR count). The van der Waals surface area contributed by atoms with Crippen molar-refractivity contribution < 1.29 is 4.79 Å². The van der Waals surface area contributed by atoms with E-state index in [-0.39, 0.29) is 11.9 Å². The van der Waals surface area contributed by atoms with Gasteiger partial charge in [0, 0.05) is 38.7 Å². The molecule has 1 aliphatic heterocycles. The van der Waals surface area contributed by atoms with Crippen molar-refractivity contribution in [3.63, 3.8) is 0 Å². The number of imidazole rings is 1. The van der Waals surface area contributed by atoms with Crippen LogP contribution in [0.4, 0.5) is 5.82 Å². The summed E-state index contributed by atoms with van der Waals surface area (Å²) in [5.74, 6) is 0.906. The topological polar surface area (TPSA) is 53.7 Å². The van der Waals surface area contributed by atoms with Crippen molar-refractivity contribution in [2.75, 3.05) is 25.5 Å². The number of fused-ring (bicyclic) bond motifs is 1. The third-order valence-electron chi connectivity index (χ3n) is 5.04. The number of hydrogen-bond donors (Lipinski definition) is 0. The van der Waals surface area contributed by atoms with Gasteiger partial charge in [0.2, 0.25) is 0 Å². The van der Waals surface area contributed by atoms with Gasteiger partial charge < -0.3 is 14.2 Å². The Morgan fingerprint density at radius 3 is 2.88 bits per heavy atom. The second kappa shape index (κ2) is 6.44. The molecule has 3 aromatic heterocycles. The van der Waals surface area contributed by atoms with E-state index in [2.05, 4.69) is 16.0 Å². The van der Waals surface area contributed by atoms with Gasteiger partial charge in [-0.05, 0) is 49.6 Å². The van der Waals surface area contributed by atoms with Crippen molar-refractivity contribution in [2.45, 2.75) is 25.8 Å². The van der Waals surface area contributed by atoms with Gasteiger partial charge in [-0.2, -0.15) is 0 Å². The van der Waals surface area contributed by atoms with Crippen molar-refractivity contribution in [3.8, 4) is 0 Å². The molecule has 6 heteroatoms. The fraction of sp³-hybridized carbons (Fsp3) is 0.350. The van der Waals surface area contributed by atoms with Crippen LogP contribution in [0.25, 0.3) is 5.65 Å². The summed E-state index contributed by atoms with van der Waals surface area (Å²) in [6, 6.07) is 10.1. The number of anilines is 1. The lowest BCUT2D eigenvalue weighted by molar-refractivity contribution is 0.0730. The number of carbonyl (C=O) groups excluding carboxylic acids is 1. The Balaban J connectivity index is 1.66. The highest BCUT2D eigenvalue weighted by molar-refractivity contribution is 5.93. The molecule has 0 saturated carbocycles. The molecule has 1 aliphatic rings. The minimum absolute atomic E-state index is 0.00110. The van der Waals surface area contributed by atoms with Crippen molar-refractivity contribution >= 4 is 17.4 Å². The molecule has 3 aromatic rings. The fourth-order valence-corrected chi connectivity index (χ4v) is 3.64. The van der Waals surface area contributed by atoms with Crippen LogP contribution in [0.15, 0.2) is 42.7 Å². The third-order valence-corrected chi connectivity index (χ3v) is 5.04. The van der Waals surface area contributed by atoms with Crippen LogP contribution in [0.2, 0.25) is 0 Å². The van der Waals surface area contributed by atoms with Crippen LogP contribution in [0.1, 0.15) is 40.6 Å². The van der Waals surface area contributed by atoms with Gasteiger partial charge in [-0.3, -0.25) is 4.79 Å². The van der Waals surface area contributed by atoms with Crippen LogP contribution in [0.3, 0.4) is 0 Å². The minimum atomic E-state index is -0.00110. The molecule has 0 unspecified atom stereocenters. The van der Waals surface area contributed by atoms with E-state index in [0.29, 0.717) is 5.69 Å². The highest BCUT2D eigenvalue weighted by Crippen LogP contribution is 2.34. The summed E-state index contributed by atoms with van der Waals surface area (Å²) < 4.78 is 1.97. The number of likely N-dealkylation sites (tertiary alicyclic amines) is 1. The maximum atomic E-state index is 13.2. The summed E-state index contributed by atoms with van der Waals surface area (Å²) in [5, 5.41) is 0. The molecule has 0 spiro atoms. The zero-order chi connectivity index (χ0) is 18.3. The highest BCUT2D eigenvalue weighted by atomic mass is 16.2. The van der Waals surface area contributed by atoms with Crippen molar-refractivity contribution in [2.24, 2.45) is 0 Å². The summed E-state index contributed by atoms with van der Waals surface area (Å²) in [6.45, 7) is 2.78. The number of rotatable bonds is 3. The lowest BCUT2D eigenvalue weighted by atomic mass is 10.1. The van der Waals surface area contributed by atoms with Crippen LogP contribution >= 0.6 is 0 Å². The maximum absolute atomic E-state index is 13.2. The van der Waals surface area contributed by atoms with Crippen LogP contribution in [-0.4, -0.2) is 45.8 Å². The molecular weight excluding hydrogens is 326 g/mol. The standard InChI is InChI=1S/C20H23N5O/c1-14-6-4-8-18-22-16(13-25(14)18)20(26)24-11-5-7-17(24)15-9-10-21-19(12-15)23(2)3/h4,6,8-10,12-13,17H,5,7,11H2,1-3H3/t17-/m1/s1. The minimum Gasteiger partial charge on any atom is -0.363 e. The smallest absolute Gasteiger partial charge is 0.274 e. The molecular formula is C20H23N5O. The molecule has 0 bridgehead atoms. The fourth-order valence-electron chi connectivity index (χ4n) is 3.64. The largest absolute Gasteiger partial charge is 0.363 e. The van der Waals surface area contributed by atoms with E-state index in [1.54, 1.807) is 0 Å². The van der Waals surface area contributed by atoms with Gasteiger partial charge >= 0.3 is 0 Å². The first-order valence-electron chi connectivity index (χ1n) is 8.93. The predicted molar refractivity (Wildman–Crippen MR) is 102 cm³/mol. The third kappa shape index (κ3) is 2.81. The van der Waals surface area contributed by atoms with Gasteiger partial charge in [0.05, 0.1) is 6.04 Å². The van der Waals surface area contributed by atoms with E-state index < -0.39 is 0 Å². The Kier molecular flexibility index (Phi) is 4.11. The Hall–Kier alpha value is -2.89. The Labute approximate surface area is 153 Å². The van der Waals surface area contributed by atoms with Gasteiger partial charge in [0.25, 0.3) is 5.91 Å². The second-order valence-electron chi connectivity index (χ2n) is 7.02. The van der Waals surface area contributed by atoms with Crippen molar-refractivity contribution in [3.05, 3.63) is 59.7 Å². The van der Waals surface area contributed by atoms with E-state index in [1.165, 1.54) is 0 Å². The van der Waals surface area contributed by atoms with Crippen LogP contribution in [0, 0.1) is 6.92 Å². The van der Waals surface area contributed by atoms with E-state index in [4.69, 9.17) is 0 Å². The SMILES string of the molecule is Cc1cccc2nc(C(=O)N3CCC[C@@H]3c3ccnc(N(C)C)c3)cn12. The Morgan fingerprint density at radius 2 is 2.12 bits per heavy atom. The zero-order valence-corrected chi connectivity index (χ0v) is 15.4. The molecule has 4 heterocycles. The number of nitrogens with zero attached hydrogens (tertiary/aromatic N) is 5. The number of hydrogen-bond acceptors (Lipinski definition) is 4. The maximum Gasteiger partial charge on any atom is 0.274 e. The van der Waals surface area contributed by atoms with Crippen molar-refractivity contribution in [1.82, 2.24) is 19.3 Å².